The Morgan fingerprint density at radius 1 is 0.763 bits per heavy atom. The van der Waals surface area contributed by atoms with Gasteiger partial charge in [0.25, 0.3) is 0 Å². The van der Waals surface area contributed by atoms with Crippen LogP contribution in [0.2, 0.25) is 0 Å². The Labute approximate surface area is 222 Å². The first-order valence-electron chi connectivity index (χ1n) is 14.3. The van der Waals surface area contributed by atoms with Crippen molar-refractivity contribution in [3.05, 3.63) is 58.9 Å². The average Bonchev–Trinajstić information content (AvgIpc) is 2.90. The van der Waals surface area contributed by atoms with Crippen LogP contribution in [0.15, 0.2) is 47.7 Å². The van der Waals surface area contributed by atoms with Crippen LogP contribution < -0.4 is 0 Å². The Balaban J connectivity index is 1.36. The molecule has 0 N–H and O–H groups in total. The van der Waals surface area contributed by atoms with Crippen LogP contribution in [0.3, 0.4) is 0 Å². The van der Waals surface area contributed by atoms with Crippen LogP contribution in [-0.2, 0) is 10.8 Å². The van der Waals surface area contributed by atoms with Crippen molar-refractivity contribution in [2.45, 2.75) is 115 Å². The molecule has 0 unspecified atom stereocenters. The summed E-state index contributed by atoms with van der Waals surface area (Å²) in [5, 5.41) is 0. The molecule has 0 aliphatic heterocycles. The second kappa shape index (κ2) is 11.7. The minimum atomic E-state index is -4.86. The van der Waals surface area contributed by atoms with E-state index in [2.05, 4.69) is 11.7 Å². The lowest BCUT2D eigenvalue weighted by molar-refractivity contribution is -0.268. The second-order valence-corrected chi connectivity index (χ2v) is 11.5. The molecule has 38 heavy (non-hydrogen) atoms. The molecule has 0 amide bonds. The quantitative estimate of drug-likeness (QED) is 0.282. The maximum Gasteiger partial charge on any atom is 0.426 e. The maximum atomic E-state index is 14.8. The van der Waals surface area contributed by atoms with Crippen LogP contribution in [0.25, 0.3) is 0 Å². The third kappa shape index (κ3) is 5.96. The predicted molar refractivity (Wildman–Crippen MR) is 137 cm³/mol. The fraction of sp³-hybridized carbons (Fsp3) is 0.677. The van der Waals surface area contributed by atoms with Crippen molar-refractivity contribution in [3.8, 4) is 0 Å². The fourth-order valence-corrected chi connectivity index (χ4v) is 6.78. The van der Waals surface area contributed by atoms with E-state index in [0.717, 1.165) is 67.2 Å². The molecule has 2 saturated carbocycles. The molecule has 0 bridgehead atoms. The number of rotatable bonds is 9. The first-order chi connectivity index (χ1) is 18.0. The summed E-state index contributed by atoms with van der Waals surface area (Å²) in [5.41, 5.74) is -0.485. The van der Waals surface area contributed by atoms with Crippen LogP contribution in [0.4, 0.5) is 26.3 Å². The lowest BCUT2D eigenvalue weighted by Gasteiger charge is -2.38. The maximum absolute atomic E-state index is 14.8. The van der Waals surface area contributed by atoms with E-state index >= 15 is 0 Å². The van der Waals surface area contributed by atoms with Gasteiger partial charge in [0.1, 0.15) is 0 Å². The van der Waals surface area contributed by atoms with Gasteiger partial charge in [-0.15, -0.1) is 0 Å². The highest BCUT2D eigenvalue weighted by atomic mass is 19.3. The average molecular weight is 543 g/mol. The number of alkyl halides is 6. The van der Waals surface area contributed by atoms with E-state index < -0.39 is 34.8 Å². The summed E-state index contributed by atoms with van der Waals surface area (Å²) in [5.74, 6) is -8.46. The van der Waals surface area contributed by atoms with Gasteiger partial charge in [-0.1, -0.05) is 64.2 Å². The molecule has 0 saturated heterocycles. The SMILES string of the molecule is CCCC1=CC=C(OC(F)(F)c2ccc(C3CCC(C4CCC(CCC)CC4)CC3)cc2)C(F)(F)C1(F)F. The summed E-state index contributed by atoms with van der Waals surface area (Å²) in [4.78, 5) is 0. The largest absolute Gasteiger partial charge is 0.427 e. The normalized spacial score (nSPS) is 29.4. The Kier molecular flexibility index (Phi) is 8.93. The lowest BCUT2D eigenvalue weighted by atomic mass is 9.68. The highest BCUT2D eigenvalue weighted by molar-refractivity contribution is 5.36. The molecule has 1 aromatic rings. The molecule has 7 heteroatoms. The molecular weight excluding hydrogens is 502 g/mol. The highest BCUT2D eigenvalue weighted by Crippen LogP contribution is 2.51. The summed E-state index contributed by atoms with van der Waals surface area (Å²) < 4.78 is 91.5. The van der Waals surface area contributed by atoms with E-state index in [1.807, 2.05) is 0 Å². The third-order valence-electron chi connectivity index (χ3n) is 9.05. The van der Waals surface area contributed by atoms with E-state index in [0.29, 0.717) is 6.08 Å². The van der Waals surface area contributed by atoms with Gasteiger partial charge in [0.05, 0.1) is 5.56 Å². The number of hydrogen-bond donors (Lipinski definition) is 0. The van der Waals surface area contributed by atoms with E-state index in [-0.39, 0.29) is 18.8 Å². The molecule has 0 radical (unpaired) electrons. The zero-order valence-corrected chi connectivity index (χ0v) is 22.4. The number of benzene rings is 1. The summed E-state index contributed by atoms with van der Waals surface area (Å²) in [6, 6.07) is 5.51. The van der Waals surface area contributed by atoms with Gasteiger partial charge in [-0.25, -0.2) is 0 Å². The lowest BCUT2D eigenvalue weighted by Crippen LogP contribution is -2.47. The van der Waals surface area contributed by atoms with Gasteiger partial charge < -0.3 is 4.74 Å². The van der Waals surface area contributed by atoms with Crippen molar-refractivity contribution in [3.63, 3.8) is 0 Å². The fourth-order valence-electron chi connectivity index (χ4n) is 6.78. The third-order valence-corrected chi connectivity index (χ3v) is 9.05. The molecule has 3 aliphatic rings. The van der Waals surface area contributed by atoms with Crippen molar-refractivity contribution in [2.75, 3.05) is 0 Å². The smallest absolute Gasteiger partial charge is 0.426 e. The van der Waals surface area contributed by atoms with Crippen LogP contribution in [0.5, 0.6) is 0 Å². The first-order valence-corrected chi connectivity index (χ1v) is 14.3. The molecule has 4 rings (SSSR count). The Morgan fingerprint density at radius 2 is 1.34 bits per heavy atom. The van der Waals surface area contributed by atoms with Crippen molar-refractivity contribution in [1.29, 1.82) is 0 Å². The molecule has 3 aliphatic carbocycles. The van der Waals surface area contributed by atoms with Gasteiger partial charge in [0.2, 0.25) is 0 Å². The topological polar surface area (TPSA) is 9.23 Å². The van der Waals surface area contributed by atoms with Crippen molar-refractivity contribution in [2.24, 2.45) is 17.8 Å². The molecule has 1 aromatic carbocycles. The Bertz CT molecular complexity index is 980. The van der Waals surface area contributed by atoms with Gasteiger partial charge in [0.15, 0.2) is 5.76 Å². The number of halogens is 6. The second-order valence-electron chi connectivity index (χ2n) is 11.5. The first kappa shape index (κ1) is 29.1. The highest BCUT2D eigenvalue weighted by Gasteiger charge is 2.64. The van der Waals surface area contributed by atoms with Crippen LogP contribution in [0.1, 0.15) is 108 Å². The molecule has 2 fully saturated rings. The number of allylic oxidation sites excluding steroid dienone is 4. The van der Waals surface area contributed by atoms with E-state index in [9.17, 15) is 26.3 Å². The van der Waals surface area contributed by atoms with E-state index in [1.54, 1.807) is 19.1 Å². The summed E-state index contributed by atoms with van der Waals surface area (Å²) in [6.07, 6.45) is 9.31. The van der Waals surface area contributed by atoms with Gasteiger partial charge in [-0.05, 0) is 92.4 Å². The van der Waals surface area contributed by atoms with Crippen molar-refractivity contribution < 1.29 is 31.1 Å². The molecule has 0 spiro atoms. The molecule has 1 nitrogen and oxygen atoms in total. The molecule has 0 atom stereocenters. The van der Waals surface area contributed by atoms with Gasteiger partial charge >= 0.3 is 18.0 Å². The minimum Gasteiger partial charge on any atom is -0.427 e. The van der Waals surface area contributed by atoms with Gasteiger partial charge in [-0.2, -0.15) is 26.3 Å². The molecule has 0 heterocycles. The Morgan fingerprint density at radius 3 is 1.89 bits per heavy atom. The van der Waals surface area contributed by atoms with Crippen LogP contribution in [0, 0.1) is 17.8 Å². The molecular formula is C31H40F6O. The Hall–Kier alpha value is -1.92. The summed E-state index contributed by atoms with van der Waals surface area (Å²) in [6.45, 7) is 3.83. The zero-order valence-electron chi connectivity index (χ0n) is 22.4. The van der Waals surface area contributed by atoms with Crippen LogP contribution >= 0.6 is 0 Å². The monoisotopic (exact) mass is 542 g/mol. The zero-order chi connectivity index (χ0) is 27.6. The van der Waals surface area contributed by atoms with Gasteiger partial charge in [0, 0.05) is 5.57 Å². The van der Waals surface area contributed by atoms with Crippen molar-refractivity contribution >= 4 is 0 Å². The standard InChI is InChI=1S/C31H40F6O/c1-3-5-21-7-9-22(10-8-21)23-11-13-24(14-12-23)25-15-17-27(18-16-25)31(36,37)38-28-20-19-26(6-4-2)29(32,33)30(28,34)35/h15-24H,3-14H2,1-2H3. The predicted octanol–water partition coefficient (Wildman–Crippen LogP) is 10.5. The summed E-state index contributed by atoms with van der Waals surface area (Å²) >= 11 is 0. The van der Waals surface area contributed by atoms with Crippen molar-refractivity contribution in [1.82, 2.24) is 0 Å². The number of ether oxygens (including phenoxy) is 1. The summed E-state index contributed by atoms with van der Waals surface area (Å²) in [7, 11) is 0. The number of hydrogen-bond acceptors (Lipinski definition) is 1. The molecule has 0 aromatic heterocycles. The van der Waals surface area contributed by atoms with E-state index in [1.165, 1.54) is 38.5 Å². The van der Waals surface area contributed by atoms with Crippen LogP contribution in [-0.4, -0.2) is 11.8 Å². The van der Waals surface area contributed by atoms with E-state index in [4.69, 9.17) is 0 Å². The molecule has 212 valence electrons. The minimum absolute atomic E-state index is 0.228. The van der Waals surface area contributed by atoms with Gasteiger partial charge in [-0.3, -0.25) is 0 Å².